The molecule has 1 fully saturated rings. The van der Waals surface area contributed by atoms with Crippen LogP contribution >= 0.6 is 0 Å². The van der Waals surface area contributed by atoms with Gasteiger partial charge >= 0.3 is 0 Å². The molecule has 2 rings (SSSR count). The fourth-order valence-corrected chi connectivity index (χ4v) is 2.44. The summed E-state index contributed by atoms with van der Waals surface area (Å²) in [7, 11) is 0. The Kier molecular flexibility index (Phi) is 6.35. The highest BCUT2D eigenvalue weighted by molar-refractivity contribution is 5.94. The van der Waals surface area contributed by atoms with Crippen molar-refractivity contribution in [2.45, 2.75) is 39.3 Å². The number of carbonyl (C=O) groups excluding carboxylic acids is 2. The van der Waals surface area contributed by atoms with Crippen LogP contribution in [0.4, 0.5) is 0 Å². The summed E-state index contributed by atoms with van der Waals surface area (Å²) in [6.07, 6.45) is 3.74. The predicted octanol–water partition coefficient (Wildman–Crippen LogP) is 2.18. The van der Waals surface area contributed by atoms with E-state index in [0.717, 1.165) is 30.6 Å². The highest BCUT2D eigenvalue weighted by atomic mass is 16.5. The fourth-order valence-electron chi connectivity index (χ4n) is 2.44. The van der Waals surface area contributed by atoms with E-state index in [1.54, 1.807) is 18.2 Å². The van der Waals surface area contributed by atoms with Crippen LogP contribution in [0.25, 0.3) is 0 Å². The second-order valence-corrected chi connectivity index (χ2v) is 5.98. The summed E-state index contributed by atoms with van der Waals surface area (Å²) in [5, 5.41) is 5.70. The summed E-state index contributed by atoms with van der Waals surface area (Å²) in [4.78, 5) is 23.8. The molecule has 0 aromatic heterocycles. The van der Waals surface area contributed by atoms with E-state index in [4.69, 9.17) is 4.74 Å². The number of amides is 2. The van der Waals surface area contributed by atoms with Gasteiger partial charge < -0.3 is 15.4 Å². The van der Waals surface area contributed by atoms with Crippen molar-refractivity contribution < 1.29 is 14.3 Å². The molecule has 1 aliphatic heterocycles. The first-order valence-electron chi connectivity index (χ1n) is 7.96. The molecular formula is C18H24N2O3. The molecule has 1 aliphatic rings. The maximum absolute atomic E-state index is 12.2. The zero-order valence-electron chi connectivity index (χ0n) is 13.7. The van der Waals surface area contributed by atoms with E-state index in [-0.39, 0.29) is 17.9 Å². The number of benzene rings is 1. The van der Waals surface area contributed by atoms with E-state index in [1.165, 1.54) is 0 Å². The third kappa shape index (κ3) is 5.87. The van der Waals surface area contributed by atoms with Gasteiger partial charge in [-0.3, -0.25) is 9.59 Å². The largest absolute Gasteiger partial charge is 0.376 e. The van der Waals surface area contributed by atoms with Crippen LogP contribution in [-0.4, -0.2) is 31.1 Å². The molecule has 1 atom stereocenters. The lowest BCUT2D eigenvalue weighted by Gasteiger charge is -2.11. The van der Waals surface area contributed by atoms with Gasteiger partial charge in [-0.05, 0) is 44.4 Å². The van der Waals surface area contributed by atoms with Crippen molar-refractivity contribution in [3.8, 4) is 0 Å². The van der Waals surface area contributed by atoms with E-state index < -0.39 is 0 Å². The van der Waals surface area contributed by atoms with Crippen molar-refractivity contribution in [2.75, 3.05) is 13.2 Å². The molecule has 1 heterocycles. The second kappa shape index (κ2) is 8.48. The molecule has 2 amide bonds. The Balaban J connectivity index is 1.86. The number of carbonyl (C=O) groups is 2. The van der Waals surface area contributed by atoms with Gasteiger partial charge in [0.2, 0.25) is 5.91 Å². The molecule has 5 heteroatoms. The average molecular weight is 316 g/mol. The van der Waals surface area contributed by atoms with Gasteiger partial charge in [0.05, 0.1) is 6.10 Å². The van der Waals surface area contributed by atoms with Crippen molar-refractivity contribution in [1.29, 1.82) is 0 Å². The van der Waals surface area contributed by atoms with Crippen LogP contribution in [0.2, 0.25) is 0 Å². The molecule has 0 spiro atoms. The van der Waals surface area contributed by atoms with E-state index in [9.17, 15) is 9.59 Å². The van der Waals surface area contributed by atoms with Crippen LogP contribution < -0.4 is 10.6 Å². The SMILES string of the molecule is CC(C)=CC(=O)NCc1cccc(C(=O)NC[C@@H]2CCCO2)c1. The Hall–Kier alpha value is -2.14. The van der Waals surface area contributed by atoms with Crippen LogP contribution in [0.1, 0.15) is 42.6 Å². The monoisotopic (exact) mass is 316 g/mol. The van der Waals surface area contributed by atoms with Gasteiger partial charge in [0.1, 0.15) is 0 Å². The minimum Gasteiger partial charge on any atom is -0.376 e. The van der Waals surface area contributed by atoms with Crippen molar-refractivity contribution in [1.82, 2.24) is 10.6 Å². The molecule has 2 N–H and O–H groups in total. The molecule has 124 valence electrons. The quantitative estimate of drug-likeness (QED) is 0.791. The molecule has 0 aliphatic carbocycles. The van der Waals surface area contributed by atoms with E-state index >= 15 is 0 Å². The minimum absolute atomic E-state index is 0.113. The van der Waals surface area contributed by atoms with Gasteiger partial charge in [0, 0.05) is 31.3 Å². The lowest BCUT2D eigenvalue weighted by molar-refractivity contribution is -0.116. The van der Waals surface area contributed by atoms with Gasteiger partial charge in [-0.2, -0.15) is 0 Å². The van der Waals surface area contributed by atoms with E-state index in [1.807, 2.05) is 26.0 Å². The summed E-state index contributed by atoms with van der Waals surface area (Å²) in [6.45, 7) is 5.47. The summed E-state index contributed by atoms with van der Waals surface area (Å²) >= 11 is 0. The number of allylic oxidation sites excluding steroid dienone is 1. The minimum atomic E-state index is -0.127. The van der Waals surface area contributed by atoms with Crippen LogP contribution in [-0.2, 0) is 16.1 Å². The molecule has 0 radical (unpaired) electrons. The molecule has 23 heavy (non-hydrogen) atoms. The van der Waals surface area contributed by atoms with Gasteiger partial charge in [-0.25, -0.2) is 0 Å². The highest BCUT2D eigenvalue weighted by Gasteiger charge is 2.16. The van der Waals surface area contributed by atoms with Gasteiger partial charge in [-0.1, -0.05) is 17.7 Å². The first kappa shape index (κ1) is 17.2. The lowest BCUT2D eigenvalue weighted by Crippen LogP contribution is -2.31. The molecule has 0 bridgehead atoms. The average Bonchev–Trinajstić information content (AvgIpc) is 3.03. The molecule has 5 nitrogen and oxygen atoms in total. The topological polar surface area (TPSA) is 67.4 Å². The molecule has 0 saturated carbocycles. The van der Waals surface area contributed by atoms with Gasteiger partial charge in [0.15, 0.2) is 0 Å². The first-order chi connectivity index (χ1) is 11.0. The Bertz CT molecular complexity index is 586. The second-order valence-electron chi connectivity index (χ2n) is 5.98. The van der Waals surface area contributed by atoms with E-state index in [2.05, 4.69) is 10.6 Å². The number of hydrogen-bond acceptors (Lipinski definition) is 3. The van der Waals surface area contributed by atoms with Crippen LogP contribution in [0.5, 0.6) is 0 Å². The summed E-state index contributed by atoms with van der Waals surface area (Å²) in [5.74, 6) is -0.240. The molecular weight excluding hydrogens is 292 g/mol. The smallest absolute Gasteiger partial charge is 0.251 e. The lowest BCUT2D eigenvalue weighted by atomic mass is 10.1. The maximum atomic E-state index is 12.2. The Morgan fingerprint density at radius 2 is 2.13 bits per heavy atom. The molecule has 0 unspecified atom stereocenters. The predicted molar refractivity (Wildman–Crippen MR) is 89.0 cm³/mol. The normalized spacial score (nSPS) is 16.7. The molecule has 1 aromatic carbocycles. The van der Waals surface area contributed by atoms with Crippen molar-refractivity contribution in [3.63, 3.8) is 0 Å². The molecule has 1 aromatic rings. The number of ether oxygens (including phenoxy) is 1. The van der Waals surface area contributed by atoms with Crippen LogP contribution in [0, 0.1) is 0 Å². The van der Waals surface area contributed by atoms with Crippen LogP contribution in [0.3, 0.4) is 0 Å². The zero-order valence-corrected chi connectivity index (χ0v) is 13.7. The maximum Gasteiger partial charge on any atom is 0.251 e. The summed E-state index contributed by atoms with van der Waals surface area (Å²) < 4.78 is 5.49. The van der Waals surface area contributed by atoms with Crippen molar-refractivity contribution in [3.05, 3.63) is 47.0 Å². The van der Waals surface area contributed by atoms with E-state index in [0.29, 0.717) is 18.7 Å². The summed E-state index contributed by atoms with van der Waals surface area (Å²) in [5.41, 5.74) is 2.44. The number of rotatable bonds is 6. The van der Waals surface area contributed by atoms with Crippen LogP contribution in [0.15, 0.2) is 35.9 Å². The third-order valence-corrected chi connectivity index (χ3v) is 3.59. The number of nitrogens with one attached hydrogen (secondary N) is 2. The Morgan fingerprint density at radius 3 is 2.83 bits per heavy atom. The highest BCUT2D eigenvalue weighted by Crippen LogP contribution is 2.11. The standard InChI is InChI=1S/C18H24N2O3/c1-13(2)9-17(21)19-11-14-5-3-6-15(10-14)18(22)20-12-16-7-4-8-23-16/h3,5-6,9-10,16H,4,7-8,11-12H2,1-2H3,(H,19,21)(H,20,22)/t16-/m0/s1. The fraction of sp³-hybridized carbons (Fsp3) is 0.444. The van der Waals surface area contributed by atoms with Crippen molar-refractivity contribution >= 4 is 11.8 Å². The first-order valence-corrected chi connectivity index (χ1v) is 7.96. The summed E-state index contributed by atoms with van der Waals surface area (Å²) in [6, 6.07) is 7.28. The third-order valence-electron chi connectivity index (χ3n) is 3.59. The van der Waals surface area contributed by atoms with Crippen molar-refractivity contribution in [2.24, 2.45) is 0 Å². The Morgan fingerprint density at radius 1 is 1.30 bits per heavy atom. The zero-order chi connectivity index (χ0) is 16.7. The Labute approximate surface area is 137 Å². The van der Waals surface area contributed by atoms with Gasteiger partial charge in [-0.15, -0.1) is 0 Å². The molecule has 1 saturated heterocycles. The van der Waals surface area contributed by atoms with Gasteiger partial charge in [0.25, 0.3) is 5.91 Å². The number of hydrogen-bond donors (Lipinski definition) is 2.